The van der Waals surface area contributed by atoms with E-state index in [4.69, 9.17) is 15.2 Å². The summed E-state index contributed by atoms with van der Waals surface area (Å²) in [6, 6.07) is 18.0. The summed E-state index contributed by atoms with van der Waals surface area (Å²) >= 11 is 0. The average Bonchev–Trinajstić information content (AvgIpc) is 2.87. The number of nitrogens with one attached hydrogen (secondary N) is 2. The van der Waals surface area contributed by atoms with Crippen LogP contribution in [0.3, 0.4) is 0 Å². The summed E-state index contributed by atoms with van der Waals surface area (Å²) in [5.41, 5.74) is 12.1. The zero-order valence-corrected chi connectivity index (χ0v) is 25.9. The van der Waals surface area contributed by atoms with E-state index in [-0.39, 0.29) is 0 Å². The van der Waals surface area contributed by atoms with Gasteiger partial charge in [-0.1, -0.05) is 18.2 Å². The highest BCUT2D eigenvalue weighted by Gasteiger charge is 2.30. The molecule has 2 amide bonds. The molecule has 0 atom stereocenters. The van der Waals surface area contributed by atoms with E-state index in [1.807, 2.05) is 110 Å². The summed E-state index contributed by atoms with van der Waals surface area (Å²) in [5.74, 6) is 0. The van der Waals surface area contributed by atoms with Crippen LogP contribution >= 0.6 is 0 Å². The Morgan fingerprint density at radius 1 is 0.881 bits per heavy atom. The van der Waals surface area contributed by atoms with Gasteiger partial charge in [0.1, 0.15) is 11.2 Å². The van der Waals surface area contributed by atoms with Crippen molar-refractivity contribution in [3.05, 3.63) is 65.7 Å². The minimum absolute atomic E-state index is 0.420. The first-order valence-electron chi connectivity index (χ1n) is 14.3. The number of hydrogen-bond donors (Lipinski definition) is 3. The summed E-state index contributed by atoms with van der Waals surface area (Å²) in [4.78, 5) is 29.9. The molecule has 224 valence electrons. The molecule has 0 fully saturated rings. The van der Waals surface area contributed by atoms with Crippen LogP contribution in [0, 0.1) is 13.8 Å². The number of rotatable bonds is 6. The maximum atomic E-state index is 13.4. The first-order valence-corrected chi connectivity index (χ1v) is 14.3. The third-order valence-electron chi connectivity index (χ3n) is 6.55. The molecule has 0 aliphatic carbocycles. The number of ether oxygens (including phenoxy) is 2. The lowest BCUT2D eigenvalue weighted by molar-refractivity contribution is 0.0578. The van der Waals surface area contributed by atoms with Crippen LogP contribution in [0.15, 0.2) is 54.6 Å². The maximum absolute atomic E-state index is 13.4. The Kier molecular flexibility index (Phi) is 8.73. The molecule has 0 saturated carbocycles. The molecule has 1 heterocycles. The Morgan fingerprint density at radius 3 is 2.07 bits per heavy atom. The molecule has 0 unspecified atom stereocenters. The van der Waals surface area contributed by atoms with Gasteiger partial charge < -0.3 is 25.4 Å². The van der Waals surface area contributed by atoms with E-state index in [0.717, 1.165) is 45.3 Å². The fourth-order valence-electron chi connectivity index (χ4n) is 4.80. The smallest absolute Gasteiger partial charge is 0.414 e. The van der Waals surface area contributed by atoms with Gasteiger partial charge in [-0.05, 0) is 116 Å². The number of anilines is 7. The number of carbonyl (C=O) groups is 2. The van der Waals surface area contributed by atoms with E-state index in [1.165, 1.54) is 0 Å². The number of hydrogen-bond acceptors (Lipinski definition) is 7. The first-order chi connectivity index (χ1) is 19.7. The standard InChI is InChI=1S/C33H43N5O4/c1-21-17-25-28(19-24(21)36-30(39)41-32(3,4)5)38(23-13-10-9-11-14-23)29-20-27(22(2)18-26(29)35-25)37(16-12-15-34)31(40)42-33(6,7)8/h9-11,13-14,17-20,35H,12,15-16,34H2,1-8H3,(H,36,39). The fraction of sp³-hybridized carbons (Fsp3) is 0.394. The lowest BCUT2D eigenvalue weighted by Gasteiger charge is -2.36. The largest absolute Gasteiger partial charge is 0.444 e. The fourth-order valence-corrected chi connectivity index (χ4v) is 4.80. The highest BCUT2D eigenvalue weighted by molar-refractivity contribution is 6.02. The van der Waals surface area contributed by atoms with E-state index in [0.29, 0.717) is 25.2 Å². The summed E-state index contributed by atoms with van der Waals surface area (Å²) in [6.45, 7) is 15.9. The molecule has 1 aliphatic heterocycles. The Hall–Kier alpha value is -4.24. The van der Waals surface area contributed by atoms with Gasteiger partial charge in [0.05, 0.1) is 28.4 Å². The molecule has 0 bridgehead atoms. The van der Waals surface area contributed by atoms with E-state index in [2.05, 4.69) is 15.5 Å². The normalized spacial score (nSPS) is 12.5. The molecule has 4 rings (SSSR count). The van der Waals surface area contributed by atoms with Crippen molar-refractivity contribution in [3.63, 3.8) is 0 Å². The van der Waals surface area contributed by atoms with E-state index in [1.54, 1.807) is 4.90 Å². The van der Waals surface area contributed by atoms with Crippen LogP contribution in [0.2, 0.25) is 0 Å². The van der Waals surface area contributed by atoms with Crippen LogP contribution in [0.1, 0.15) is 59.1 Å². The van der Waals surface area contributed by atoms with Crippen molar-refractivity contribution in [3.8, 4) is 0 Å². The SMILES string of the molecule is Cc1cc2c(cc1NC(=O)OC(C)(C)C)N(c1ccccc1)c1cc(N(CCCN)C(=O)OC(C)(C)C)c(C)cc1N2. The van der Waals surface area contributed by atoms with Crippen LogP contribution < -0.4 is 26.2 Å². The van der Waals surface area contributed by atoms with Crippen LogP contribution in [0.4, 0.5) is 49.4 Å². The molecular weight excluding hydrogens is 530 g/mol. The van der Waals surface area contributed by atoms with Crippen LogP contribution in [0.25, 0.3) is 0 Å². The van der Waals surface area contributed by atoms with Gasteiger partial charge in [0.2, 0.25) is 0 Å². The second-order valence-electron chi connectivity index (χ2n) is 12.5. The minimum atomic E-state index is -0.647. The van der Waals surface area contributed by atoms with Gasteiger partial charge in [-0.3, -0.25) is 10.2 Å². The van der Waals surface area contributed by atoms with Crippen molar-refractivity contribution < 1.29 is 19.1 Å². The Labute approximate surface area is 249 Å². The Balaban J connectivity index is 1.85. The van der Waals surface area contributed by atoms with Gasteiger partial charge in [0.25, 0.3) is 0 Å². The van der Waals surface area contributed by atoms with Gasteiger partial charge >= 0.3 is 12.2 Å². The van der Waals surface area contributed by atoms with E-state index >= 15 is 0 Å². The molecule has 4 N–H and O–H groups in total. The van der Waals surface area contributed by atoms with Gasteiger partial charge in [-0.25, -0.2) is 9.59 Å². The molecule has 0 radical (unpaired) electrons. The molecule has 0 aromatic heterocycles. The Bertz CT molecular complexity index is 1460. The molecular formula is C33H43N5O4. The van der Waals surface area contributed by atoms with Crippen molar-refractivity contribution in [2.45, 2.75) is 73.0 Å². The first kappa shape index (κ1) is 30.7. The summed E-state index contributed by atoms with van der Waals surface area (Å²) < 4.78 is 11.3. The topological polar surface area (TPSA) is 109 Å². The molecule has 0 saturated heterocycles. The number of nitrogens with zero attached hydrogens (tertiary/aromatic N) is 2. The second kappa shape index (κ2) is 11.9. The Morgan fingerprint density at radius 2 is 1.48 bits per heavy atom. The number of amides is 2. The van der Waals surface area contributed by atoms with Crippen molar-refractivity contribution in [1.29, 1.82) is 0 Å². The van der Waals surface area contributed by atoms with Gasteiger partial charge in [-0.15, -0.1) is 0 Å². The lowest BCUT2D eigenvalue weighted by atomic mass is 10.0. The minimum Gasteiger partial charge on any atom is -0.444 e. The third-order valence-corrected chi connectivity index (χ3v) is 6.55. The number of carbonyl (C=O) groups excluding carboxylic acids is 2. The predicted molar refractivity (Wildman–Crippen MR) is 171 cm³/mol. The van der Waals surface area contributed by atoms with Crippen molar-refractivity contribution in [2.24, 2.45) is 5.73 Å². The van der Waals surface area contributed by atoms with Crippen molar-refractivity contribution in [2.75, 3.05) is 33.5 Å². The second-order valence-corrected chi connectivity index (χ2v) is 12.5. The lowest BCUT2D eigenvalue weighted by Crippen LogP contribution is -2.38. The highest BCUT2D eigenvalue weighted by atomic mass is 16.6. The van der Waals surface area contributed by atoms with Crippen molar-refractivity contribution in [1.82, 2.24) is 0 Å². The molecule has 3 aromatic carbocycles. The van der Waals surface area contributed by atoms with E-state index in [9.17, 15) is 9.59 Å². The van der Waals surface area contributed by atoms with Crippen LogP contribution in [-0.4, -0.2) is 36.5 Å². The molecule has 9 nitrogen and oxygen atoms in total. The molecule has 0 spiro atoms. The third kappa shape index (κ3) is 7.15. The van der Waals surface area contributed by atoms with Crippen LogP contribution in [-0.2, 0) is 9.47 Å². The number of fused-ring (bicyclic) bond motifs is 2. The van der Waals surface area contributed by atoms with Crippen LogP contribution in [0.5, 0.6) is 0 Å². The molecule has 3 aromatic rings. The summed E-state index contributed by atoms with van der Waals surface area (Å²) in [6.07, 6.45) is -0.321. The molecule has 1 aliphatic rings. The number of aryl methyl sites for hydroxylation is 2. The zero-order valence-electron chi connectivity index (χ0n) is 25.9. The molecule has 42 heavy (non-hydrogen) atoms. The van der Waals surface area contributed by atoms with Crippen molar-refractivity contribution >= 4 is 52.0 Å². The number of nitrogens with two attached hydrogens (primary N) is 1. The quantitative estimate of drug-likeness (QED) is 0.213. The maximum Gasteiger partial charge on any atom is 0.414 e. The monoisotopic (exact) mass is 573 g/mol. The zero-order chi connectivity index (χ0) is 30.8. The number of para-hydroxylation sites is 1. The predicted octanol–water partition coefficient (Wildman–Crippen LogP) is 8.27. The van der Waals surface area contributed by atoms with Gasteiger partial charge in [0, 0.05) is 17.9 Å². The average molecular weight is 574 g/mol. The van der Waals surface area contributed by atoms with Gasteiger partial charge in [-0.2, -0.15) is 0 Å². The summed E-state index contributed by atoms with van der Waals surface area (Å²) in [5, 5.41) is 6.49. The number of benzene rings is 3. The highest BCUT2D eigenvalue weighted by Crippen LogP contribution is 2.51. The molecule has 9 heteroatoms. The summed E-state index contributed by atoms with van der Waals surface area (Å²) in [7, 11) is 0. The van der Waals surface area contributed by atoms with E-state index < -0.39 is 23.4 Å². The van der Waals surface area contributed by atoms with Gasteiger partial charge in [0.15, 0.2) is 0 Å².